The molecule has 0 bridgehead atoms. The summed E-state index contributed by atoms with van der Waals surface area (Å²) in [6.45, 7) is 5.19. The fraction of sp³-hybridized carbons (Fsp3) is 0.125. The number of hydrogen-bond acceptors (Lipinski definition) is 3. The predicted molar refractivity (Wildman–Crippen MR) is 107 cm³/mol. The Morgan fingerprint density at radius 2 is 1.52 bits per heavy atom. The molecule has 3 aromatic rings. The molecule has 0 saturated carbocycles. The maximum absolute atomic E-state index is 12.0. The molecule has 0 fully saturated rings. The molecule has 0 N–H and O–H groups in total. The smallest absolute Gasteiger partial charge is 0.337 e. The van der Waals surface area contributed by atoms with Gasteiger partial charge in [-0.3, -0.25) is 0 Å². The Labute approximate surface area is 159 Å². The molecule has 0 aromatic heterocycles. The Bertz CT molecular complexity index is 915. The first kappa shape index (κ1) is 18.6. The van der Waals surface area contributed by atoms with Crippen molar-refractivity contribution >= 4 is 11.5 Å². The van der Waals surface area contributed by atoms with Crippen LogP contribution < -0.4 is 0 Å². The summed E-state index contributed by atoms with van der Waals surface area (Å²) in [5.41, 5.74) is 5.33. The van der Waals surface area contributed by atoms with Gasteiger partial charge in [-0.05, 0) is 40.0 Å². The van der Waals surface area contributed by atoms with Crippen LogP contribution in [0.1, 0.15) is 32.6 Å². The second-order valence-corrected chi connectivity index (χ2v) is 6.19. The van der Waals surface area contributed by atoms with E-state index in [1.165, 1.54) is 7.11 Å². The Hall–Kier alpha value is -3.17. The molecular formula is C24H22O3. The topological polar surface area (TPSA) is 35.5 Å². The maximum Gasteiger partial charge on any atom is 0.337 e. The van der Waals surface area contributed by atoms with Gasteiger partial charge in [0.15, 0.2) is 0 Å². The molecule has 3 heteroatoms. The average Bonchev–Trinajstić information content (AvgIpc) is 2.74. The highest BCUT2D eigenvalue weighted by atomic mass is 16.5. The van der Waals surface area contributed by atoms with Crippen LogP contribution in [0.2, 0.25) is 0 Å². The summed E-state index contributed by atoms with van der Waals surface area (Å²) >= 11 is 0. The van der Waals surface area contributed by atoms with E-state index in [9.17, 15) is 4.79 Å². The third-order valence-corrected chi connectivity index (χ3v) is 4.35. The summed E-state index contributed by atoms with van der Waals surface area (Å²) < 4.78 is 10.8. The molecule has 0 saturated heterocycles. The summed E-state index contributed by atoms with van der Waals surface area (Å²) in [5.74, 6) is -0.367. The van der Waals surface area contributed by atoms with Crippen molar-refractivity contribution in [3.05, 3.63) is 113 Å². The molecule has 136 valence electrons. The lowest BCUT2D eigenvalue weighted by Crippen LogP contribution is -2.05. The van der Waals surface area contributed by atoms with E-state index in [-0.39, 0.29) is 5.97 Å². The van der Waals surface area contributed by atoms with Crippen molar-refractivity contribution < 1.29 is 14.3 Å². The van der Waals surface area contributed by atoms with E-state index in [0.717, 1.165) is 27.8 Å². The largest absolute Gasteiger partial charge is 0.465 e. The minimum atomic E-state index is -0.367. The van der Waals surface area contributed by atoms with E-state index >= 15 is 0 Å². The Kier molecular flexibility index (Phi) is 6.18. The van der Waals surface area contributed by atoms with E-state index in [0.29, 0.717) is 18.8 Å². The summed E-state index contributed by atoms with van der Waals surface area (Å²) in [6, 6.07) is 25.4. The van der Waals surface area contributed by atoms with Gasteiger partial charge in [0.2, 0.25) is 0 Å². The molecule has 0 aliphatic carbocycles. The number of benzene rings is 3. The van der Waals surface area contributed by atoms with Gasteiger partial charge < -0.3 is 9.47 Å². The number of ether oxygens (including phenoxy) is 2. The lowest BCUT2D eigenvalue weighted by atomic mass is 9.93. The fourth-order valence-corrected chi connectivity index (χ4v) is 2.88. The van der Waals surface area contributed by atoms with Crippen LogP contribution in [0.4, 0.5) is 0 Å². The number of esters is 1. The van der Waals surface area contributed by atoms with Crippen molar-refractivity contribution in [2.75, 3.05) is 7.11 Å². The molecule has 0 spiro atoms. The van der Waals surface area contributed by atoms with Crippen LogP contribution in [0.5, 0.6) is 0 Å². The normalized spacial score (nSPS) is 10.4. The predicted octanol–water partition coefficient (Wildman–Crippen LogP) is 5.25. The maximum atomic E-state index is 12.0. The van der Waals surface area contributed by atoms with Gasteiger partial charge in [0.25, 0.3) is 0 Å². The Balaban J connectivity index is 1.85. The second kappa shape index (κ2) is 8.97. The molecular weight excluding hydrogens is 336 g/mol. The van der Waals surface area contributed by atoms with Crippen molar-refractivity contribution in [2.24, 2.45) is 0 Å². The Morgan fingerprint density at radius 1 is 0.852 bits per heavy atom. The van der Waals surface area contributed by atoms with E-state index in [2.05, 4.69) is 6.58 Å². The van der Waals surface area contributed by atoms with E-state index in [1.54, 1.807) is 6.07 Å². The van der Waals surface area contributed by atoms with Crippen LogP contribution in [-0.2, 0) is 22.7 Å². The lowest BCUT2D eigenvalue weighted by Gasteiger charge is -2.14. The first-order valence-corrected chi connectivity index (χ1v) is 8.76. The van der Waals surface area contributed by atoms with E-state index < -0.39 is 0 Å². The molecule has 0 radical (unpaired) electrons. The average molecular weight is 358 g/mol. The van der Waals surface area contributed by atoms with Gasteiger partial charge in [0.1, 0.15) is 0 Å². The SMILES string of the molecule is C=C(c1ccccc1)c1cc(C(=O)OC)ccc1COCc1ccccc1. The monoisotopic (exact) mass is 358 g/mol. The zero-order valence-corrected chi connectivity index (χ0v) is 15.4. The van der Waals surface area contributed by atoms with Gasteiger partial charge >= 0.3 is 5.97 Å². The number of methoxy groups -OCH3 is 1. The van der Waals surface area contributed by atoms with Gasteiger partial charge in [0.05, 0.1) is 25.9 Å². The molecule has 27 heavy (non-hydrogen) atoms. The highest BCUT2D eigenvalue weighted by molar-refractivity contribution is 5.92. The molecule has 0 aliphatic rings. The van der Waals surface area contributed by atoms with Crippen LogP contribution in [0, 0.1) is 0 Å². The van der Waals surface area contributed by atoms with Gasteiger partial charge in [-0.25, -0.2) is 4.79 Å². The molecule has 0 aliphatic heterocycles. The van der Waals surface area contributed by atoms with Crippen LogP contribution >= 0.6 is 0 Å². The minimum Gasteiger partial charge on any atom is -0.465 e. The molecule has 0 amide bonds. The van der Waals surface area contributed by atoms with Crippen molar-refractivity contribution in [1.29, 1.82) is 0 Å². The first-order chi connectivity index (χ1) is 13.2. The van der Waals surface area contributed by atoms with Gasteiger partial charge in [0, 0.05) is 0 Å². The lowest BCUT2D eigenvalue weighted by molar-refractivity contribution is 0.0600. The van der Waals surface area contributed by atoms with Crippen molar-refractivity contribution in [3.63, 3.8) is 0 Å². The molecule has 3 aromatic carbocycles. The Morgan fingerprint density at radius 3 is 2.19 bits per heavy atom. The number of hydrogen-bond donors (Lipinski definition) is 0. The summed E-state index contributed by atoms with van der Waals surface area (Å²) in [5, 5.41) is 0. The van der Waals surface area contributed by atoms with Gasteiger partial charge in [-0.15, -0.1) is 0 Å². The third-order valence-electron chi connectivity index (χ3n) is 4.35. The third kappa shape index (κ3) is 4.72. The van der Waals surface area contributed by atoms with Crippen LogP contribution in [0.25, 0.3) is 5.57 Å². The first-order valence-electron chi connectivity index (χ1n) is 8.76. The number of rotatable bonds is 7. The molecule has 0 unspecified atom stereocenters. The highest BCUT2D eigenvalue weighted by Crippen LogP contribution is 2.27. The van der Waals surface area contributed by atoms with E-state index in [4.69, 9.17) is 9.47 Å². The zero-order chi connectivity index (χ0) is 19.1. The molecule has 3 rings (SSSR count). The zero-order valence-electron chi connectivity index (χ0n) is 15.4. The summed E-state index contributed by atoms with van der Waals surface area (Å²) in [6.07, 6.45) is 0. The van der Waals surface area contributed by atoms with Crippen LogP contribution in [0.15, 0.2) is 85.4 Å². The van der Waals surface area contributed by atoms with Crippen LogP contribution in [0.3, 0.4) is 0 Å². The number of carbonyl (C=O) groups is 1. The van der Waals surface area contributed by atoms with Crippen molar-refractivity contribution in [2.45, 2.75) is 13.2 Å². The molecule has 0 heterocycles. The minimum absolute atomic E-state index is 0.367. The second-order valence-electron chi connectivity index (χ2n) is 6.19. The van der Waals surface area contributed by atoms with Crippen molar-refractivity contribution in [3.8, 4) is 0 Å². The van der Waals surface area contributed by atoms with Gasteiger partial charge in [-0.2, -0.15) is 0 Å². The van der Waals surface area contributed by atoms with Crippen LogP contribution in [-0.4, -0.2) is 13.1 Å². The summed E-state index contributed by atoms with van der Waals surface area (Å²) in [7, 11) is 1.38. The quantitative estimate of drug-likeness (QED) is 0.541. The number of carbonyl (C=O) groups excluding carboxylic acids is 1. The standard InChI is InChI=1S/C24H22O3/c1-18(20-11-7-4-8-12-20)23-15-21(24(25)26-2)13-14-22(23)17-27-16-19-9-5-3-6-10-19/h3-15H,1,16-17H2,2H3. The van der Waals surface area contributed by atoms with Gasteiger partial charge in [-0.1, -0.05) is 73.3 Å². The molecule has 0 atom stereocenters. The summed E-state index contributed by atoms with van der Waals surface area (Å²) in [4.78, 5) is 12.0. The van der Waals surface area contributed by atoms with E-state index in [1.807, 2.05) is 72.8 Å². The highest BCUT2D eigenvalue weighted by Gasteiger charge is 2.13. The fourth-order valence-electron chi connectivity index (χ4n) is 2.88. The molecule has 3 nitrogen and oxygen atoms in total. The van der Waals surface area contributed by atoms with Crippen molar-refractivity contribution in [1.82, 2.24) is 0 Å².